The minimum absolute atomic E-state index is 0.165. The molecule has 0 aliphatic heterocycles. The van der Waals surface area contributed by atoms with Crippen molar-refractivity contribution in [2.75, 3.05) is 33.0 Å². The average Bonchev–Trinajstić information content (AvgIpc) is 2.37. The minimum Gasteiger partial charge on any atom is -0.494 e. The summed E-state index contributed by atoms with van der Waals surface area (Å²) < 4.78 is 5.17. The molecule has 1 aromatic rings. The van der Waals surface area contributed by atoms with Gasteiger partial charge in [-0.25, -0.2) is 0 Å². The first-order valence-electron chi connectivity index (χ1n) is 6.38. The second-order valence-corrected chi connectivity index (χ2v) is 4.76. The number of ether oxygens (including phenoxy) is 1. The molecule has 0 atom stereocenters. The lowest BCUT2D eigenvalue weighted by Crippen LogP contribution is -2.36. The van der Waals surface area contributed by atoms with E-state index < -0.39 is 0 Å². The molecule has 1 rings (SSSR count). The summed E-state index contributed by atoms with van der Waals surface area (Å²) >= 11 is 0. The molecule has 0 aliphatic carbocycles. The maximum Gasteiger partial charge on any atom is 0.255 e. The summed E-state index contributed by atoms with van der Waals surface area (Å²) in [6, 6.07) is 5.62. The van der Waals surface area contributed by atoms with Gasteiger partial charge in [-0.15, -0.1) is 0 Å². The van der Waals surface area contributed by atoms with Gasteiger partial charge in [0, 0.05) is 19.1 Å². The number of benzene rings is 1. The molecule has 0 aliphatic rings. The zero-order valence-corrected chi connectivity index (χ0v) is 12.1. The highest BCUT2D eigenvalue weighted by molar-refractivity contribution is 5.98. The van der Waals surface area contributed by atoms with E-state index >= 15 is 0 Å². The molecule has 0 unspecified atom stereocenters. The van der Waals surface area contributed by atoms with Gasteiger partial charge in [0.2, 0.25) is 0 Å². The van der Waals surface area contributed by atoms with Gasteiger partial charge in [0.1, 0.15) is 0 Å². The quantitative estimate of drug-likeness (QED) is 0.762. The number of nitrogen functional groups attached to an aromatic ring is 1. The van der Waals surface area contributed by atoms with E-state index in [0.29, 0.717) is 29.6 Å². The van der Waals surface area contributed by atoms with Gasteiger partial charge < -0.3 is 20.7 Å². The van der Waals surface area contributed by atoms with Gasteiger partial charge >= 0.3 is 0 Å². The summed E-state index contributed by atoms with van der Waals surface area (Å²) in [5, 5.41) is 2.87. The van der Waals surface area contributed by atoms with Crippen molar-refractivity contribution in [3.8, 4) is 5.75 Å². The van der Waals surface area contributed by atoms with E-state index in [1.54, 1.807) is 18.2 Å². The molecule has 19 heavy (non-hydrogen) atoms. The zero-order chi connectivity index (χ0) is 14.4. The fourth-order valence-corrected chi connectivity index (χ4v) is 1.66. The number of nitrogens with one attached hydrogen (secondary N) is 1. The number of amides is 1. The van der Waals surface area contributed by atoms with Crippen LogP contribution >= 0.6 is 0 Å². The number of hydrogen-bond acceptors (Lipinski definition) is 4. The van der Waals surface area contributed by atoms with Crippen molar-refractivity contribution in [1.29, 1.82) is 0 Å². The number of nitrogens with two attached hydrogens (primary N) is 1. The summed E-state index contributed by atoms with van der Waals surface area (Å²) in [5.41, 5.74) is 6.71. The van der Waals surface area contributed by atoms with Gasteiger partial charge in [-0.3, -0.25) is 4.79 Å². The van der Waals surface area contributed by atoms with E-state index in [2.05, 4.69) is 24.1 Å². The number of rotatable bonds is 6. The van der Waals surface area contributed by atoms with E-state index in [4.69, 9.17) is 10.5 Å². The van der Waals surface area contributed by atoms with Crippen molar-refractivity contribution in [3.63, 3.8) is 0 Å². The molecule has 0 bridgehead atoms. The molecule has 1 amide bonds. The third-order valence-corrected chi connectivity index (χ3v) is 3.13. The van der Waals surface area contributed by atoms with Crippen molar-refractivity contribution in [3.05, 3.63) is 23.8 Å². The number of likely N-dealkylation sites (N-methyl/N-ethyl adjacent to an activating group) is 1. The van der Waals surface area contributed by atoms with Gasteiger partial charge in [0.15, 0.2) is 5.75 Å². The Labute approximate surface area is 114 Å². The fourth-order valence-electron chi connectivity index (χ4n) is 1.66. The Morgan fingerprint density at radius 3 is 2.74 bits per heavy atom. The molecule has 106 valence electrons. The van der Waals surface area contributed by atoms with E-state index in [1.807, 2.05) is 7.05 Å². The van der Waals surface area contributed by atoms with Crippen LogP contribution in [0.5, 0.6) is 5.75 Å². The molecule has 1 aromatic carbocycles. The topological polar surface area (TPSA) is 67.6 Å². The maximum absolute atomic E-state index is 12.1. The van der Waals surface area contributed by atoms with Crippen molar-refractivity contribution in [2.24, 2.45) is 0 Å². The smallest absolute Gasteiger partial charge is 0.255 e. The second kappa shape index (κ2) is 6.99. The van der Waals surface area contributed by atoms with Crippen LogP contribution in [0.2, 0.25) is 0 Å². The normalized spacial score (nSPS) is 10.8. The number of anilines is 1. The maximum atomic E-state index is 12.1. The van der Waals surface area contributed by atoms with Crippen LogP contribution in [0, 0.1) is 0 Å². The third kappa shape index (κ3) is 4.13. The van der Waals surface area contributed by atoms with E-state index in [0.717, 1.165) is 6.54 Å². The lowest BCUT2D eigenvalue weighted by Gasteiger charge is -2.21. The Balaban J connectivity index is 2.62. The average molecular weight is 265 g/mol. The molecule has 0 saturated heterocycles. The Morgan fingerprint density at radius 1 is 1.47 bits per heavy atom. The first-order valence-corrected chi connectivity index (χ1v) is 6.38. The first kappa shape index (κ1) is 15.3. The fraction of sp³-hybridized carbons (Fsp3) is 0.500. The SMILES string of the molecule is COc1c(N)cccc1C(=O)NCCN(C)C(C)C. The van der Waals surface area contributed by atoms with Gasteiger partial charge in [-0.1, -0.05) is 6.07 Å². The summed E-state index contributed by atoms with van der Waals surface area (Å²) in [7, 11) is 3.53. The highest BCUT2D eigenvalue weighted by Gasteiger charge is 2.14. The van der Waals surface area contributed by atoms with Crippen molar-refractivity contribution < 1.29 is 9.53 Å². The van der Waals surface area contributed by atoms with Crippen LogP contribution in [0.25, 0.3) is 0 Å². The number of para-hydroxylation sites is 1. The van der Waals surface area contributed by atoms with Crippen molar-refractivity contribution in [1.82, 2.24) is 10.2 Å². The Morgan fingerprint density at radius 2 is 2.16 bits per heavy atom. The monoisotopic (exact) mass is 265 g/mol. The molecule has 0 saturated carbocycles. The number of carbonyl (C=O) groups is 1. The number of nitrogens with zero attached hydrogens (tertiary/aromatic N) is 1. The summed E-state index contributed by atoms with van der Waals surface area (Å²) in [6.45, 7) is 5.62. The van der Waals surface area contributed by atoms with Crippen LogP contribution < -0.4 is 15.8 Å². The first-order chi connectivity index (χ1) is 8.97. The van der Waals surface area contributed by atoms with Crippen LogP contribution in [0.4, 0.5) is 5.69 Å². The predicted octanol–water partition coefficient (Wildman–Crippen LogP) is 1.35. The molecule has 3 N–H and O–H groups in total. The lowest BCUT2D eigenvalue weighted by atomic mass is 10.1. The second-order valence-electron chi connectivity index (χ2n) is 4.76. The number of carbonyl (C=O) groups excluding carboxylic acids is 1. The van der Waals surface area contributed by atoms with Crippen LogP contribution in [-0.4, -0.2) is 44.1 Å². The van der Waals surface area contributed by atoms with Gasteiger partial charge in [-0.2, -0.15) is 0 Å². The largest absolute Gasteiger partial charge is 0.494 e. The number of methoxy groups -OCH3 is 1. The minimum atomic E-state index is -0.165. The van der Waals surface area contributed by atoms with E-state index in [1.165, 1.54) is 7.11 Å². The van der Waals surface area contributed by atoms with E-state index in [-0.39, 0.29) is 5.91 Å². The standard InChI is InChI=1S/C14H23N3O2/c1-10(2)17(3)9-8-16-14(18)11-6-5-7-12(15)13(11)19-4/h5-7,10H,8-9,15H2,1-4H3,(H,16,18). The molecule has 0 heterocycles. The molecule has 0 spiro atoms. The Hall–Kier alpha value is -1.75. The van der Waals surface area contributed by atoms with Gasteiger partial charge in [0.25, 0.3) is 5.91 Å². The molecule has 0 aromatic heterocycles. The molecule has 0 fully saturated rings. The summed E-state index contributed by atoms with van der Waals surface area (Å²) in [6.07, 6.45) is 0. The number of hydrogen-bond donors (Lipinski definition) is 2. The Kier molecular flexibility index (Phi) is 5.63. The van der Waals surface area contributed by atoms with Crippen LogP contribution in [-0.2, 0) is 0 Å². The lowest BCUT2D eigenvalue weighted by molar-refractivity contribution is 0.0945. The highest BCUT2D eigenvalue weighted by Crippen LogP contribution is 2.25. The molecule has 5 heteroatoms. The molecular formula is C14H23N3O2. The Bertz CT molecular complexity index is 433. The zero-order valence-electron chi connectivity index (χ0n) is 12.1. The van der Waals surface area contributed by atoms with Crippen LogP contribution in [0.15, 0.2) is 18.2 Å². The predicted molar refractivity (Wildman–Crippen MR) is 77.5 cm³/mol. The van der Waals surface area contributed by atoms with Crippen LogP contribution in [0.3, 0.4) is 0 Å². The van der Waals surface area contributed by atoms with E-state index in [9.17, 15) is 4.79 Å². The van der Waals surface area contributed by atoms with Crippen molar-refractivity contribution >= 4 is 11.6 Å². The molecule has 0 radical (unpaired) electrons. The molecule has 5 nitrogen and oxygen atoms in total. The van der Waals surface area contributed by atoms with Gasteiger partial charge in [-0.05, 0) is 33.0 Å². The highest BCUT2D eigenvalue weighted by atomic mass is 16.5. The summed E-state index contributed by atoms with van der Waals surface area (Å²) in [5.74, 6) is 0.263. The van der Waals surface area contributed by atoms with Crippen LogP contribution in [0.1, 0.15) is 24.2 Å². The third-order valence-electron chi connectivity index (χ3n) is 3.13. The van der Waals surface area contributed by atoms with Gasteiger partial charge in [0.05, 0.1) is 18.4 Å². The van der Waals surface area contributed by atoms with Crippen molar-refractivity contribution in [2.45, 2.75) is 19.9 Å². The molecular weight excluding hydrogens is 242 g/mol. The summed E-state index contributed by atoms with van der Waals surface area (Å²) in [4.78, 5) is 14.2.